The van der Waals surface area contributed by atoms with E-state index in [2.05, 4.69) is 15.9 Å². The molecule has 0 fully saturated rings. The molecule has 1 N–H and O–H groups in total. The molecule has 2 aromatic carbocycles. The van der Waals surface area contributed by atoms with Crippen LogP contribution in [0.4, 0.5) is 4.79 Å². The Morgan fingerprint density at radius 1 is 1.17 bits per heavy atom. The Morgan fingerprint density at radius 2 is 1.91 bits per heavy atom. The molecule has 0 unspecified atom stereocenters. The molecule has 23 heavy (non-hydrogen) atoms. The van der Waals surface area contributed by atoms with Gasteiger partial charge in [0, 0.05) is 16.1 Å². The van der Waals surface area contributed by atoms with Crippen molar-refractivity contribution in [1.29, 1.82) is 0 Å². The number of ether oxygens (including phenoxy) is 1. The fraction of sp³-hybridized carbons (Fsp3) is 0.167. The van der Waals surface area contributed by atoms with Crippen molar-refractivity contribution in [2.45, 2.75) is 12.8 Å². The second-order valence-corrected chi connectivity index (χ2v) is 6.23. The molecule has 0 aliphatic heterocycles. The summed E-state index contributed by atoms with van der Waals surface area (Å²) in [6, 6.07) is 13.6. The van der Waals surface area contributed by atoms with Crippen molar-refractivity contribution in [3.63, 3.8) is 0 Å². The highest BCUT2D eigenvalue weighted by atomic mass is 79.9. The summed E-state index contributed by atoms with van der Waals surface area (Å²) in [6.45, 7) is 0. The highest BCUT2D eigenvalue weighted by Crippen LogP contribution is 2.26. The Morgan fingerprint density at radius 3 is 2.57 bits per heavy atom. The van der Waals surface area contributed by atoms with Gasteiger partial charge in [0.05, 0.1) is 12.6 Å². The summed E-state index contributed by atoms with van der Waals surface area (Å²) >= 11 is 3.45. The van der Waals surface area contributed by atoms with E-state index in [9.17, 15) is 9.90 Å². The predicted molar refractivity (Wildman–Crippen MR) is 93.5 cm³/mol. The minimum atomic E-state index is -0.965. The SMILES string of the molecule is COc1ccc(CCc2cn(C(=O)O)c3ccc(Br)cc23)cc1. The number of benzene rings is 2. The molecule has 0 aliphatic carbocycles. The number of hydrogen-bond acceptors (Lipinski definition) is 2. The summed E-state index contributed by atoms with van der Waals surface area (Å²) in [4.78, 5) is 11.4. The van der Waals surface area contributed by atoms with Gasteiger partial charge in [-0.2, -0.15) is 0 Å². The van der Waals surface area contributed by atoms with Crippen molar-refractivity contribution in [3.05, 3.63) is 64.3 Å². The molecule has 0 atom stereocenters. The molecule has 0 spiro atoms. The second-order valence-electron chi connectivity index (χ2n) is 5.32. The molecule has 3 rings (SSSR count). The summed E-state index contributed by atoms with van der Waals surface area (Å²) in [5.74, 6) is 0.833. The molecule has 4 nitrogen and oxygen atoms in total. The zero-order valence-electron chi connectivity index (χ0n) is 12.6. The number of methoxy groups -OCH3 is 1. The summed E-state index contributed by atoms with van der Waals surface area (Å²) in [5.41, 5.74) is 2.93. The van der Waals surface area contributed by atoms with Crippen molar-refractivity contribution < 1.29 is 14.6 Å². The van der Waals surface area contributed by atoms with E-state index in [4.69, 9.17) is 4.74 Å². The summed E-state index contributed by atoms with van der Waals surface area (Å²) in [7, 11) is 1.65. The number of carbonyl (C=O) groups is 1. The summed E-state index contributed by atoms with van der Waals surface area (Å²) in [6.07, 6.45) is 2.37. The van der Waals surface area contributed by atoms with Gasteiger partial charge in [-0.15, -0.1) is 0 Å². The highest BCUT2D eigenvalue weighted by Gasteiger charge is 2.13. The third kappa shape index (κ3) is 3.24. The van der Waals surface area contributed by atoms with Crippen LogP contribution in [0.5, 0.6) is 5.75 Å². The van der Waals surface area contributed by atoms with E-state index in [0.29, 0.717) is 5.52 Å². The Hall–Kier alpha value is -2.27. The molecule has 0 radical (unpaired) electrons. The van der Waals surface area contributed by atoms with Crippen LogP contribution in [0.3, 0.4) is 0 Å². The molecular formula is C18H16BrNO3. The second kappa shape index (κ2) is 6.46. The largest absolute Gasteiger partial charge is 0.497 e. The molecule has 0 saturated heterocycles. The van der Waals surface area contributed by atoms with Gasteiger partial charge >= 0.3 is 6.09 Å². The number of rotatable bonds is 4. The van der Waals surface area contributed by atoms with Crippen molar-refractivity contribution in [3.8, 4) is 5.75 Å². The maximum absolute atomic E-state index is 11.4. The van der Waals surface area contributed by atoms with Crippen molar-refractivity contribution in [2.75, 3.05) is 7.11 Å². The zero-order valence-corrected chi connectivity index (χ0v) is 14.2. The minimum Gasteiger partial charge on any atom is -0.497 e. The Kier molecular flexibility index (Phi) is 4.39. The molecule has 0 amide bonds. The maximum Gasteiger partial charge on any atom is 0.416 e. The van der Waals surface area contributed by atoms with Crippen LogP contribution in [0.25, 0.3) is 10.9 Å². The van der Waals surface area contributed by atoms with E-state index in [1.807, 2.05) is 42.5 Å². The average molecular weight is 374 g/mol. The van der Waals surface area contributed by atoms with E-state index in [0.717, 1.165) is 34.0 Å². The van der Waals surface area contributed by atoms with Crippen LogP contribution >= 0.6 is 15.9 Å². The lowest BCUT2D eigenvalue weighted by molar-refractivity contribution is 0.197. The molecule has 118 valence electrons. The standard InChI is InChI=1S/C18H16BrNO3/c1-23-15-7-3-12(4-8-15)2-5-13-11-20(18(21)22)17-9-6-14(19)10-16(13)17/h3-4,6-11H,2,5H2,1H3,(H,21,22). The fourth-order valence-corrected chi connectivity index (χ4v) is 3.06. The van der Waals surface area contributed by atoms with Gasteiger partial charge < -0.3 is 9.84 Å². The third-order valence-electron chi connectivity index (χ3n) is 3.90. The van der Waals surface area contributed by atoms with Gasteiger partial charge in [-0.25, -0.2) is 4.79 Å². The first kappa shape index (κ1) is 15.6. The average Bonchev–Trinajstić information content (AvgIpc) is 2.91. The first-order valence-corrected chi connectivity index (χ1v) is 8.03. The van der Waals surface area contributed by atoms with Gasteiger partial charge in [-0.1, -0.05) is 28.1 Å². The maximum atomic E-state index is 11.4. The predicted octanol–water partition coefficient (Wildman–Crippen LogP) is 4.72. The molecule has 5 heteroatoms. The first-order chi connectivity index (χ1) is 11.1. The monoisotopic (exact) mass is 373 g/mol. The fourth-order valence-electron chi connectivity index (χ4n) is 2.70. The Balaban J connectivity index is 1.89. The Labute approximate surface area is 142 Å². The lowest BCUT2D eigenvalue weighted by Crippen LogP contribution is -2.05. The van der Waals surface area contributed by atoms with Crippen molar-refractivity contribution in [2.24, 2.45) is 0 Å². The molecule has 3 aromatic rings. The van der Waals surface area contributed by atoms with E-state index < -0.39 is 6.09 Å². The van der Waals surface area contributed by atoms with Gasteiger partial charge in [-0.3, -0.25) is 4.57 Å². The molecule has 1 heterocycles. The van der Waals surface area contributed by atoms with Crippen LogP contribution in [0.2, 0.25) is 0 Å². The quantitative estimate of drug-likeness (QED) is 0.719. The van der Waals surface area contributed by atoms with Crippen molar-refractivity contribution >= 4 is 32.9 Å². The molecule has 0 bridgehead atoms. The molecule has 0 aliphatic rings. The van der Waals surface area contributed by atoms with E-state index in [-0.39, 0.29) is 0 Å². The molecule has 0 saturated carbocycles. The number of aromatic nitrogens is 1. The molecular weight excluding hydrogens is 358 g/mol. The van der Waals surface area contributed by atoms with Crippen molar-refractivity contribution in [1.82, 2.24) is 4.57 Å². The highest BCUT2D eigenvalue weighted by molar-refractivity contribution is 9.10. The minimum absolute atomic E-state index is 0.713. The smallest absolute Gasteiger partial charge is 0.416 e. The van der Waals surface area contributed by atoms with E-state index >= 15 is 0 Å². The number of fused-ring (bicyclic) bond motifs is 1. The lowest BCUT2D eigenvalue weighted by atomic mass is 10.0. The topological polar surface area (TPSA) is 51.5 Å². The number of halogens is 1. The van der Waals surface area contributed by atoms with Crippen LogP contribution < -0.4 is 4.74 Å². The molecule has 1 aromatic heterocycles. The number of aryl methyl sites for hydroxylation is 2. The van der Waals surface area contributed by atoms with Gasteiger partial charge in [0.1, 0.15) is 5.75 Å². The Bertz CT molecular complexity index is 853. The van der Waals surface area contributed by atoms with Gasteiger partial charge in [0.25, 0.3) is 0 Å². The van der Waals surface area contributed by atoms with Gasteiger partial charge in [0.15, 0.2) is 0 Å². The summed E-state index contributed by atoms with van der Waals surface area (Å²) < 4.78 is 7.38. The van der Waals surface area contributed by atoms with Crippen LogP contribution in [0.15, 0.2) is 53.1 Å². The van der Waals surface area contributed by atoms with E-state index in [1.165, 1.54) is 10.1 Å². The first-order valence-electron chi connectivity index (χ1n) is 7.24. The van der Waals surface area contributed by atoms with E-state index in [1.54, 1.807) is 13.3 Å². The van der Waals surface area contributed by atoms with Gasteiger partial charge in [0.2, 0.25) is 0 Å². The zero-order chi connectivity index (χ0) is 16.4. The van der Waals surface area contributed by atoms with Crippen LogP contribution in [0.1, 0.15) is 11.1 Å². The lowest BCUT2D eigenvalue weighted by Gasteiger charge is -2.03. The van der Waals surface area contributed by atoms with Gasteiger partial charge in [-0.05, 0) is 54.3 Å². The number of nitrogens with zero attached hydrogens (tertiary/aromatic N) is 1. The summed E-state index contributed by atoms with van der Waals surface area (Å²) in [5, 5.41) is 10.3. The van der Waals surface area contributed by atoms with Crippen LogP contribution in [-0.4, -0.2) is 22.9 Å². The van der Waals surface area contributed by atoms with Crippen LogP contribution in [-0.2, 0) is 12.8 Å². The third-order valence-corrected chi connectivity index (χ3v) is 4.39. The van der Waals surface area contributed by atoms with Crippen LogP contribution in [0, 0.1) is 0 Å². The number of carboxylic acid groups (broad SMARTS) is 1. The number of hydrogen-bond donors (Lipinski definition) is 1. The normalized spacial score (nSPS) is 10.9.